The topological polar surface area (TPSA) is 41.1 Å². The Morgan fingerprint density at radius 2 is 2.06 bits per heavy atom. The molecule has 3 nitrogen and oxygen atoms in total. The molecule has 0 aromatic heterocycles. The molecule has 1 rings (SSSR count). The minimum Gasteiger partial charge on any atom is -0.355 e. The van der Waals surface area contributed by atoms with Crippen molar-refractivity contribution in [1.29, 1.82) is 0 Å². The van der Waals surface area contributed by atoms with Gasteiger partial charge in [0.05, 0.1) is 6.54 Å². The fourth-order valence-corrected chi connectivity index (χ4v) is 1.68. The van der Waals surface area contributed by atoms with Crippen LogP contribution in [-0.4, -0.2) is 19.0 Å². The maximum absolute atomic E-state index is 11.4. The molecule has 0 unspecified atom stereocenters. The quantitative estimate of drug-likeness (QED) is 0.789. The zero-order valence-corrected chi connectivity index (χ0v) is 11.0. The van der Waals surface area contributed by atoms with E-state index in [1.54, 1.807) is 0 Å². The third kappa shape index (κ3) is 5.00. The summed E-state index contributed by atoms with van der Waals surface area (Å²) >= 11 is 0. The zero-order valence-electron chi connectivity index (χ0n) is 11.0. The first-order chi connectivity index (χ1) is 8.13. The second-order valence-corrected chi connectivity index (χ2v) is 4.38. The van der Waals surface area contributed by atoms with Crippen molar-refractivity contribution in [1.82, 2.24) is 10.6 Å². The van der Waals surface area contributed by atoms with E-state index in [1.807, 2.05) is 6.92 Å². The highest BCUT2D eigenvalue weighted by Crippen LogP contribution is 2.09. The lowest BCUT2D eigenvalue weighted by Crippen LogP contribution is -2.34. The molecule has 0 saturated carbocycles. The largest absolute Gasteiger partial charge is 0.355 e. The van der Waals surface area contributed by atoms with Crippen LogP contribution in [0.4, 0.5) is 0 Å². The number of benzene rings is 1. The molecule has 17 heavy (non-hydrogen) atoms. The van der Waals surface area contributed by atoms with Crippen molar-refractivity contribution in [3.8, 4) is 0 Å². The Morgan fingerprint density at radius 1 is 1.29 bits per heavy atom. The summed E-state index contributed by atoms with van der Waals surface area (Å²) in [5.41, 5.74) is 3.79. The van der Waals surface area contributed by atoms with E-state index >= 15 is 0 Å². The maximum Gasteiger partial charge on any atom is 0.233 e. The van der Waals surface area contributed by atoms with E-state index in [4.69, 9.17) is 0 Å². The third-order valence-electron chi connectivity index (χ3n) is 2.67. The van der Waals surface area contributed by atoms with Gasteiger partial charge in [0.1, 0.15) is 0 Å². The van der Waals surface area contributed by atoms with Crippen LogP contribution in [-0.2, 0) is 11.3 Å². The Labute approximate surface area is 104 Å². The molecular weight excluding hydrogens is 212 g/mol. The molecule has 0 spiro atoms. The summed E-state index contributed by atoms with van der Waals surface area (Å²) < 4.78 is 0. The Kier molecular flexibility index (Phi) is 5.70. The predicted octanol–water partition coefficient (Wildman–Crippen LogP) is 1.92. The number of rotatable bonds is 6. The van der Waals surface area contributed by atoms with Gasteiger partial charge in [0.15, 0.2) is 0 Å². The molecule has 1 aromatic rings. The van der Waals surface area contributed by atoms with E-state index in [0.29, 0.717) is 6.54 Å². The maximum atomic E-state index is 11.4. The van der Waals surface area contributed by atoms with Gasteiger partial charge in [-0.05, 0) is 31.4 Å². The van der Waals surface area contributed by atoms with Crippen molar-refractivity contribution in [3.05, 3.63) is 34.9 Å². The first-order valence-electron chi connectivity index (χ1n) is 6.17. The van der Waals surface area contributed by atoms with Crippen molar-refractivity contribution in [3.63, 3.8) is 0 Å². The molecule has 0 bridgehead atoms. The van der Waals surface area contributed by atoms with E-state index in [0.717, 1.165) is 19.5 Å². The van der Waals surface area contributed by atoms with Crippen LogP contribution in [0.5, 0.6) is 0 Å². The van der Waals surface area contributed by atoms with Crippen LogP contribution >= 0.6 is 0 Å². The summed E-state index contributed by atoms with van der Waals surface area (Å²) in [5.74, 6) is 0.0663. The zero-order chi connectivity index (χ0) is 12.7. The standard InChI is InChI=1S/C14H22N2O/c1-4-7-16-14(17)10-15-9-13-6-5-11(2)8-12(13)3/h5-6,8,15H,4,7,9-10H2,1-3H3,(H,16,17). The summed E-state index contributed by atoms with van der Waals surface area (Å²) in [4.78, 5) is 11.4. The van der Waals surface area contributed by atoms with Gasteiger partial charge in [-0.25, -0.2) is 0 Å². The monoisotopic (exact) mass is 234 g/mol. The number of carbonyl (C=O) groups excluding carboxylic acids is 1. The van der Waals surface area contributed by atoms with Gasteiger partial charge in [-0.3, -0.25) is 4.79 Å². The number of nitrogens with one attached hydrogen (secondary N) is 2. The highest BCUT2D eigenvalue weighted by molar-refractivity contribution is 5.77. The van der Waals surface area contributed by atoms with Gasteiger partial charge in [-0.1, -0.05) is 30.7 Å². The highest BCUT2D eigenvalue weighted by atomic mass is 16.1. The first-order valence-corrected chi connectivity index (χ1v) is 6.17. The van der Waals surface area contributed by atoms with Gasteiger partial charge >= 0.3 is 0 Å². The number of hydrogen-bond acceptors (Lipinski definition) is 2. The molecule has 0 fully saturated rings. The molecule has 94 valence electrons. The highest BCUT2D eigenvalue weighted by Gasteiger charge is 2.01. The Bertz CT molecular complexity index is 374. The molecule has 0 aliphatic carbocycles. The number of carbonyl (C=O) groups is 1. The molecule has 0 radical (unpaired) electrons. The van der Waals surface area contributed by atoms with Crippen LogP contribution in [0.25, 0.3) is 0 Å². The van der Waals surface area contributed by atoms with Crippen LogP contribution in [0, 0.1) is 13.8 Å². The SMILES string of the molecule is CCCNC(=O)CNCc1ccc(C)cc1C. The molecule has 1 aromatic carbocycles. The van der Waals surface area contributed by atoms with E-state index in [-0.39, 0.29) is 5.91 Å². The average Bonchev–Trinajstić information content (AvgIpc) is 2.29. The molecule has 0 aliphatic heterocycles. The molecular formula is C14H22N2O. The molecule has 0 atom stereocenters. The fourth-order valence-electron chi connectivity index (χ4n) is 1.68. The lowest BCUT2D eigenvalue weighted by Gasteiger charge is -2.08. The van der Waals surface area contributed by atoms with Gasteiger partial charge in [0.25, 0.3) is 0 Å². The van der Waals surface area contributed by atoms with Gasteiger partial charge in [-0.2, -0.15) is 0 Å². The first kappa shape index (κ1) is 13.7. The Balaban J connectivity index is 2.33. The van der Waals surface area contributed by atoms with Gasteiger partial charge < -0.3 is 10.6 Å². The lowest BCUT2D eigenvalue weighted by atomic mass is 10.1. The van der Waals surface area contributed by atoms with Crippen LogP contribution in [0.2, 0.25) is 0 Å². The fraction of sp³-hybridized carbons (Fsp3) is 0.500. The summed E-state index contributed by atoms with van der Waals surface area (Å²) in [5, 5.41) is 6.00. The lowest BCUT2D eigenvalue weighted by molar-refractivity contribution is -0.120. The van der Waals surface area contributed by atoms with Crippen LogP contribution in [0.3, 0.4) is 0 Å². The number of aryl methyl sites for hydroxylation is 2. The molecule has 0 saturated heterocycles. The van der Waals surface area contributed by atoms with Gasteiger partial charge in [0.2, 0.25) is 5.91 Å². The summed E-state index contributed by atoms with van der Waals surface area (Å²) in [7, 11) is 0. The predicted molar refractivity (Wildman–Crippen MR) is 70.9 cm³/mol. The normalized spacial score (nSPS) is 10.3. The molecule has 2 N–H and O–H groups in total. The number of amides is 1. The van der Waals surface area contributed by atoms with Crippen LogP contribution < -0.4 is 10.6 Å². The van der Waals surface area contributed by atoms with Crippen molar-refractivity contribution in [2.75, 3.05) is 13.1 Å². The smallest absolute Gasteiger partial charge is 0.233 e. The minimum atomic E-state index is 0.0663. The van der Waals surface area contributed by atoms with E-state index < -0.39 is 0 Å². The van der Waals surface area contributed by atoms with Crippen molar-refractivity contribution in [2.24, 2.45) is 0 Å². The van der Waals surface area contributed by atoms with E-state index in [9.17, 15) is 4.79 Å². The number of hydrogen-bond donors (Lipinski definition) is 2. The average molecular weight is 234 g/mol. The van der Waals surface area contributed by atoms with E-state index in [1.165, 1.54) is 16.7 Å². The van der Waals surface area contributed by atoms with Crippen molar-refractivity contribution >= 4 is 5.91 Å². The summed E-state index contributed by atoms with van der Waals surface area (Å²) in [6.07, 6.45) is 0.975. The Morgan fingerprint density at radius 3 is 2.71 bits per heavy atom. The molecule has 3 heteroatoms. The summed E-state index contributed by atoms with van der Waals surface area (Å²) in [6.45, 7) is 8.11. The van der Waals surface area contributed by atoms with Crippen molar-refractivity contribution < 1.29 is 4.79 Å². The summed E-state index contributed by atoms with van der Waals surface area (Å²) in [6, 6.07) is 6.37. The van der Waals surface area contributed by atoms with Crippen LogP contribution in [0.1, 0.15) is 30.0 Å². The van der Waals surface area contributed by atoms with Gasteiger partial charge in [0, 0.05) is 13.1 Å². The van der Waals surface area contributed by atoms with Crippen LogP contribution in [0.15, 0.2) is 18.2 Å². The molecule has 0 aliphatic rings. The van der Waals surface area contributed by atoms with Gasteiger partial charge in [-0.15, -0.1) is 0 Å². The second kappa shape index (κ2) is 7.07. The second-order valence-electron chi connectivity index (χ2n) is 4.38. The molecule has 1 amide bonds. The minimum absolute atomic E-state index is 0.0663. The van der Waals surface area contributed by atoms with Crippen molar-refractivity contribution in [2.45, 2.75) is 33.7 Å². The van der Waals surface area contributed by atoms with E-state index in [2.05, 4.69) is 42.7 Å². The third-order valence-corrected chi connectivity index (χ3v) is 2.67. The Hall–Kier alpha value is -1.35. The molecule has 0 heterocycles.